The van der Waals surface area contributed by atoms with Crippen molar-refractivity contribution in [1.29, 1.82) is 0 Å². The summed E-state index contributed by atoms with van der Waals surface area (Å²) in [4.78, 5) is 1.37. The number of hydrogen-bond donors (Lipinski definition) is 0. The first-order chi connectivity index (χ1) is 26.7. The smallest absolute Gasteiger partial charge is 0.192 e. The van der Waals surface area contributed by atoms with E-state index in [0.717, 1.165) is 0 Å². The Hall–Kier alpha value is -3.02. The SMILES string of the molecule is FC(F)(F)C(F)(F)C(F)(F)C(F)(F)C(F)(F)C(F)(F)C(F)(F)C(F)(F)C(F)(F)C(F)(F)OOC(F)(F)C(F)(F)C(F)(F)C(F)(F)C(F)(F)C(F)(F)C(F)(F)C(F)(F)C(F)(F)C(F)(F)F. The van der Waals surface area contributed by atoms with Crippen molar-refractivity contribution in [3.63, 3.8) is 0 Å². The number of halogens is 42. The molecular formula is C20F42O2. The lowest BCUT2D eigenvalue weighted by Crippen LogP contribution is -2.77. The molecule has 0 unspecified atom stereocenters. The zero-order chi connectivity index (χ0) is 53.4. The number of rotatable bonds is 19. The summed E-state index contributed by atoms with van der Waals surface area (Å²) in [6.07, 6.45) is -35.4. The molecule has 0 atom stereocenters. The Morgan fingerprint density at radius 1 is 0.125 bits per heavy atom. The van der Waals surface area contributed by atoms with Gasteiger partial charge in [0, 0.05) is 0 Å². The highest BCUT2D eigenvalue weighted by atomic mass is 19.5. The summed E-state index contributed by atoms with van der Waals surface area (Å²) < 4.78 is 558. The molecule has 0 aromatic rings. The van der Waals surface area contributed by atoms with Crippen molar-refractivity contribution in [3.8, 4) is 0 Å². The Morgan fingerprint density at radius 2 is 0.219 bits per heavy atom. The third-order valence-electron chi connectivity index (χ3n) is 7.21. The highest BCUT2D eigenvalue weighted by molar-refractivity contribution is 5.19. The number of alkyl halides is 42. The van der Waals surface area contributed by atoms with Crippen molar-refractivity contribution in [2.24, 2.45) is 0 Å². The van der Waals surface area contributed by atoms with Crippen LogP contribution in [0.3, 0.4) is 0 Å². The van der Waals surface area contributed by atoms with Gasteiger partial charge in [-0.2, -0.15) is 194 Å². The van der Waals surface area contributed by atoms with Crippen LogP contribution in [-0.2, 0) is 9.78 Å². The Kier molecular flexibility index (Phi) is 14.0. The average molecular weight is 1070 g/mol. The van der Waals surface area contributed by atoms with Gasteiger partial charge in [-0.25, -0.2) is 0 Å². The topological polar surface area (TPSA) is 18.5 Å². The Balaban J connectivity index is 7.39. The fourth-order valence-electron chi connectivity index (χ4n) is 3.30. The van der Waals surface area contributed by atoms with Crippen molar-refractivity contribution in [1.82, 2.24) is 0 Å². The molecule has 386 valence electrons. The molecule has 0 fully saturated rings. The predicted octanol–water partition coefficient (Wildman–Crippen LogP) is 13.4. The van der Waals surface area contributed by atoms with E-state index >= 15 is 0 Å². The molecule has 0 aliphatic rings. The molecule has 0 aromatic carbocycles. The maximum Gasteiger partial charge on any atom is 0.460 e. The van der Waals surface area contributed by atoms with Crippen molar-refractivity contribution >= 4 is 0 Å². The van der Waals surface area contributed by atoms with Crippen molar-refractivity contribution < 1.29 is 194 Å². The number of hydrogen-bond acceptors (Lipinski definition) is 2. The molecule has 0 rings (SSSR count). The van der Waals surface area contributed by atoms with Crippen LogP contribution in [0, 0.1) is 0 Å². The van der Waals surface area contributed by atoms with Gasteiger partial charge in [-0.1, -0.05) is 0 Å². The molecule has 0 aliphatic carbocycles. The summed E-state index contributed by atoms with van der Waals surface area (Å²) >= 11 is 0. The molecule has 0 saturated heterocycles. The average Bonchev–Trinajstić information content (AvgIpc) is 3.04. The van der Waals surface area contributed by atoms with E-state index in [2.05, 4.69) is 0 Å². The van der Waals surface area contributed by atoms with Gasteiger partial charge in [0.05, 0.1) is 0 Å². The standard InChI is InChI=1S/C20F42O2/c21-1(22,5(29,30)9(37,38)13(45,46)17(53,54)55)3(25,26)7(33,34)11(41,42)15(49,50)19(59,60)63-64-20(61,62)16(51,52)12(43,44)8(35,36)4(27,28)2(23,24)6(31,32)10(39,40)14(47,48)18(56,57)58. The molecule has 0 saturated carbocycles. The largest absolute Gasteiger partial charge is 0.460 e. The lowest BCUT2D eigenvalue weighted by Gasteiger charge is -2.44. The van der Waals surface area contributed by atoms with Gasteiger partial charge >= 0.3 is 119 Å². The van der Waals surface area contributed by atoms with E-state index in [9.17, 15) is 184 Å². The summed E-state index contributed by atoms with van der Waals surface area (Å²) in [5.74, 6) is -156. The van der Waals surface area contributed by atoms with Crippen LogP contribution >= 0.6 is 0 Å². The van der Waals surface area contributed by atoms with Gasteiger partial charge in [-0.15, -0.1) is 0 Å². The summed E-state index contributed by atoms with van der Waals surface area (Å²) in [5, 5.41) is 0. The highest BCUT2D eigenvalue weighted by Crippen LogP contribution is 2.69. The second kappa shape index (κ2) is 14.7. The Bertz CT molecular complexity index is 1550. The van der Waals surface area contributed by atoms with Crippen molar-refractivity contribution in [2.45, 2.75) is 119 Å². The summed E-state index contributed by atoms with van der Waals surface area (Å²) in [5.41, 5.74) is 0. The third kappa shape index (κ3) is 7.20. The second-order valence-electron chi connectivity index (χ2n) is 11.4. The van der Waals surface area contributed by atoms with E-state index in [1.165, 1.54) is 0 Å². The molecule has 2 nitrogen and oxygen atoms in total. The molecule has 0 radical (unpaired) electrons. The fraction of sp³-hybridized carbons (Fsp3) is 1.00. The molecule has 0 aromatic heterocycles. The highest BCUT2D eigenvalue weighted by Gasteiger charge is 3.00. The van der Waals surface area contributed by atoms with Crippen LogP contribution in [0.5, 0.6) is 0 Å². The van der Waals surface area contributed by atoms with Crippen LogP contribution in [0.2, 0.25) is 0 Å². The van der Waals surface area contributed by atoms with Crippen LogP contribution < -0.4 is 0 Å². The van der Waals surface area contributed by atoms with Gasteiger partial charge in [-0.05, 0) is 0 Å². The molecule has 0 spiro atoms. The van der Waals surface area contributed by atoms with Gasteiger partial charge in [-0.3, -0.25) is 0 Å². The van der Waals surface area contributed by atoms with E-state index in [1.807, 2.05) is 0 Å². The van der Waals surface area contributed by atoms with Crippen molar-refractivity contribution in [3.05, 3.63) is 0 Å². The predicted molar refractivity (Wildman–Crippen MR) is 103 cm³/mol. The molecular weight excluding hydrogens is 1070 g/mol. The van der Waals surface area contributed by atoms with Crippen LogP contribution in [0.4, 0.5) is 184 Å². The zero-order valence-corrected chi connectivity index (χ0v) is 26.7. The van der Waals surface area contributed by atoms with Gasteiger partial charge < -0.3 is 0 Å². The van der Waals surface area contributed by atoms with Crippen LogP contribution in [0.25, 0.3) is 0 Å². The van der Waals surface area contributed by atoms with Gasteiger partial charge in [0.1, 0.15) is 0 Å². The van der Waals surface area contributed by atoms with E-state index in [0.29, 0.717) is 9.78 Å². The van der Waals surface area contributed by atoms with Gasteiger partial charge in [0.2, 0.25) is 0 Å². The maximum atomic E-state index is 13.7. The first-order valence-corrected chi connectivity index (χ1v) is 13.0. The van der Waals surface area contributed by atoms with E-state index in [1.54, 1.807) is 0 Å². The van der Waals surface area contributed by atoms with Crippen LogP contribution in [-0.4, -0.2) is 119 Å². The minimum absolute atomic E-state index is 0.684. The minimum Gasteiger partial charge on any atom is -0.192 e. The monoisotopic (exact) mass is 1070 g/mol. The quantitative estimate of drug-likeness (QED) is 0.0729. The molecule has 0 amide bonds. The second-order valence-corrected chi connectivity index (χ2v) is 11.4. The summed E-state index contributed by atoms with van der Waals surface area (Å²) in [7, 11) is 0. The van der Waals surface area contributed by atoms with Gasteiger partial charge in [0.15, 0.2) is 0 Å². The summed E-state index contributed by atoms with van der Waals surface area (Å²) in [6, 6.07) is 0. The first-order valence-electron chi connectivity index (χ1n) is 13.0. The maximum absolute atomic E-state index is 13.7. The van der Waals surface area contributed by atoms with Crippen LogP contribution in [0.1, 0.15) is 0 Å². The molecule has 0 heterocycles. The third-order valence-corrected chi connectivity index (χ3v) is 7.21. The van der Waals surface area contributed by atoms with Crippen LogP contribution in [0.15, 0.2) is 0 Å². The lowest BCUT2D eigenvalue weighted by atomic mass is 9.87. The molecule has 64 heavy (non-hydrogen) atoms. The lowest BCUT2D eigenvalue weighted by molar-refractivity contribution is -0.593. The summed E-state index contributed by atoms with van der Waals surface area (Å²) in [6.45, 7) is 0. The molecule has 0 aliphatic heterocycles. The molecule has 0 N–H and O–H groups in total. The van der Waals surface area contributed by atoms with Gasteiger partial charge in [0.25, 0.3) is 0 Å². The Morgan fingerprint density at radius 3 is 0.328 bits per heavy atom. The minimum atomic E-state index is -10.1. The molecule has 44 heteroatoms. The van der Waals surface area contributed by atoms with E-state index in [4.69, 9.17) is 0 Å². The zero-order valence-electron chi connectivity index (χ0n) is 26.7. The van der Waals surface area contributed by atoms with Crippen molar-refractivity contribution in [2.75, 3.05) is 0 Å². The normalized spacial score (nSPS) is 17.3. The Labute approximate surface area is 315 Å². The fourth-order valence-corrected chi connectivity index (χ4v) is 3.30. The van der Waals surface area contributed by atoms with E-state index < -0.39 is 119 Å². The first kappa shape index (κ1) is 61.0. The van der Waals surface area contributed by atoms with E-state index in [-0.39, 0.29) is 0 Å². The molecule has 0 bridgehead atoms.